The lowest BCUT2D eigenvalue weighted by Gasteiger charge is -2.09. The van der Waals surface area contributed by atoms with Crippen LogP contribution in [0.15, 0.2) is 119 Å². The fraction of sp³-hybridized carbons (Fsp3) is 0.161. The minimum Gasteiger partial charge on any atom is -0.326 e. The number of benzene rings is 4. The number of nitrogens with one attached hydrogen (secondary N) is 2. The van der Waals surface area contributed by atoms with E-state index in [9.17, 15) is 9.59 Å². The third-order valence-electron chi connectivity index (χ3n) is 5.57. The summed E-state index contributed by atoms with van der Waals surface area (Å²) in [6.45, 7) is 0. The highest BCUT2D eigenvalue weighted by Crippen LogP contribution is 2.20. The summed E-state index contributed by atoms with van der Waals surface area (Å²) < 4.78 is 0. The molecule has 0 saturated heterocycles. The first-order chi connectivity index (χ1) is 18.1. The van der Waals surface area contributed by atoms with E-state index in [1.54, 1.807) is 23.5 Å². The van der Waals surface area contributed by atoms with Gasteiger partial charge in [0, 0.05) is 45.5 Å². The summed E-state index contributed by atoms with van der Waals surface area (Å²) in [6, 6.07) is 36.1. The van der Waals surface area contributed by atoms with Crippen molar-refractivity contribution in [2.45, 2.75) is 29.1 Å². The minimum atomic E-state index is 0.0208. The van der Waals surface area contributed by atoms with Crippen LogP contribution in [-0.2, 0) is 16.0 Å². The van der Waals surface area contributed by atoms with Crippen LogP contribution in [0.1, 0.15) is 24.0 Å². The Hall–Kier alpha value is -3.48. The standard InChI is InChI=1S/C31H30N2O2S2/c34-30(19-21-36-28-7-3-1-4-8-28)32-26-15-11-24(12-16-26)23-25-13-17-27(18-14-25)33-31(35)20-22-37-29-9-5-2-6-10-29/h1-18H,19-23H2,(H,32,34)(H,33,35). The number of carbonyl (C=O) groups excluding carboxylic acids is 2. The van der Waals surface area contributed by atoms with Gasteiger partial charge < -0.3 is 10.6 Å². The van der Waals surface area contributed by atoms with Crippen molar-refractivity contribution in [3.8, 4) is 0 Å². The molecule has 4 aromatic carbocycles. The summed E-state index contributed by atoms with van der Waals surface area (Å²) >= 11 is 3.37. The van der Waals surface area contributed by atoms with Crippen molar-refractivity contribution in [1.82, 2.24) is 0 Å². The molecule has 0 saturated carbocycles. The zero-order valence-corrected chi connectivity index (χ0v) is 22.2. The highest BCUT2D eigenvalue weighted by atomic mass is 32.2. The Balaban J connectivity index is 1.17. The predicted molar refractivity (Wildman–Crippen MR) is 157 cm³/mol. The Morgan fingerprint density at radius 1 is 0.514 bits per heavy atom. The molecule has 0 unspecified atom stereocenters. The second-order valence-corrected chi connectivity index (χ2v) is 10.8. The van der Waals surface area contributed by atoms with Crippen molar-refractivity contribution >= 4 is 46.7 Å². The Morgan fingerprint density at radius 2 is 0.892 bits per heavy atom. The summed E-state index contributed by atoms with van der Waals surface area (Å²) in [5.41, 5.74) is 3.93. The molecule has 0 atom stereocenters. The van der Waals surface area contributed by atoms with Crippen molar-refractivity contribution in [2.75, 3.05) is 22.1 Å². The molecule has 0 spiro atoms. The lowest BCUT2D eigenvalue weighted by molar-refractivity contribution is -0.116. The summed E-state index contributed by atoms with van der Waals surface area (Å²) in [4.78, 5) is 26.9. The van der Waals surface area contributed by atoms with Crippen LogP contribution in [0.5, 0.6) is 0 Å². The first-order valence-electron chi connectivity index (χ1n) is 12.3. The second kappa shape index (κ2) is 14.3. The average Bonchev–Trinajstić information content (AvgIpc) is 2.92. The largest absolute Gasteiger partial charge is 0.326 e. The highest BCUT2D eigenvalue weighted by Gasteiger charge is 2.06. The van der Waals surface area contributed by atoms with Gasteiger partial charge in [0.2, 0.25) is 11.8 Å². The van der Waals surface area contributed by atoms with Gasteiger partial charge in [-0.3, -0.25) is 9.59 Å². The number of hydrogen-bond donors (Lipinski definition) is 2. The molecule has 0 radical (unpaired) electrons. The van der Waals surface area contributed by atoms with E-state index in [2.05, 4.69) is 34.9 Å². The van der Waals surface area contributed by atoms with Crippen LogP contribution in [0.4, 0.5) is 11.4 Å². The van der Waals surface area contributed by atoms with Crippen LogP contribution in [0.3, 0.4) is 0 Å². The van der Waals surface area contributed by atoms with Gasteiger partial charge in [0.1, 0.15) is 0 Å². The number of carbonyl (C=O) groups is 2. The average molecular weight is 527 g/mol. The highest BCUT2D eigenvalue weighted by molar-refractivity contribution is 7.99. The lowest BCUT2D eigenvalue weighted by atomic mass is 10.0. The second-order valence-electron chi connectivity index (χ2n) is 8.49. The summed E-state index contributed by atoms with van der Waals surface area (Å²) in [5, 5.41) is 5.95. The van der Waals surface area contributed by atoms with Gasteiger partial charge in [-0.1, -0.05) is 60.7 Å². The molecule has 0 fully saturated rings. The third-order valence-corrected chi connectivity index (χ3v) is 7.59. The zero-order valence-electron chi connectivity index (χ0n) is 20.6. The summed E-state index contributed by atoms with van der Waals surface area (Å²) in [7, 11) is 0. The Bertz CT molecular complexity index is 1160. The van der Waals surface area contributed by atoms with E-state index in [1.165, 1.54) is 9.79 Å². The molecule has 37 heavy (non-hydrogen) atoms. The van der Waals surface area contributed by atoms with Gasteiger partial charge >= 0.3 is 0 Å². The zero-order chi connectivity index (χ0) is 25.7. The van der Waals surface area contributed by atoms with Gasteiger partial charge in [-0.05, 0) is 66.1 Å². The SMILES string of the molecule is O=C(CCSc1ccccc1)Nc1ccc(Cc2ccc(NC(=O)CCSc3ccccc3)cc2)cc1. The van der Waals surface area contributed by atoms with Gasteiger partial charge in [0.25, 0.3) is 0 Å². The number of rotatable bonds is 12. The molecule has 0 aliphatic carbocycles. The molecule has 6 heteroatoms. The quantitative estimate of drug-likeness (QED) is 0.187. The minimum absolute atomic E-state index is 0.0208. The van der Waals surface area contributed by atoms with E-state index in [1.807, 2.05) is 84.9 Å². The Kier molecular flexibility index (Phi) is 10.3. The van der Waals surface area contributed by atoms with Gasteiger partial charge in [-0.25, -0.2) is 0 Å². The molecule has 0 aliphatic rings. The topological polar surface area (TPSA) is 58.2 Å². The van der Waals surface area contributed by atoms with E-state index in [4.69, 9.17) is 0 Å². The molecule has 0 aromatic heterocycles. The Morgan fingerprint density at radius 3 is 1.27 bits per heavy atom. The molecule has 4 rings (SSSR count). The summed E-state index contributed by atoms with van der Waals surface area (Å²) in [5.74, 6) is 1.54. The van der Waals surface area contributed by atoms with Crippen LogP contribution in [0.25, 0.3) is 0 Å². The molecule has 0 bridgehead atoms. The maximum absolute atomic E-state index is 12.3. The van der Waals surface area contributed by atoms with Gasteiger partial charge in [-0.15, -0.1) is 23.5 Å². The fourth-order valence-electron chi connectivity index (χ4n) is 3.65. The normalized spacial score (nSPS) is 10.6. The number of hydrogen-bond acceptors (Lipinski definition) is 4. The van der Waals surface area contributed by atoms with E-state index >= 15 is 0 Å². The molecule has 2 N–H and O–H groups in total. The molecule has 4 nitrogen and oxygen atoms in total. The third kappa shape index (κ3) is 9.48. The van der Waals surface area contributed by atoms with Crippen molar-refractivity contribution in [3.05, 3.63) is 120 Å². The first-order valence-corrected chi connectivity index (χ1v) is 14.2. The fourth-order valence-corrected chi connectivity index (χ4v) is 5.40. The number of thioether (sulfide) groups is 2. The van der Waals surface area contributed by atoms with Crippen molar-refractivity contribution in [1.29, 1.82) is 0 Å². The van der Waals surface area contributed by atoms with Crippen molar-refractivity contribution in [2.24, 2.45) is 0 Å². The molecular formula is C31H30N2O2S2. The van der Waals surface area contributed by atoms with E-state index < -0.39 is 0 Å². The van der Waals surface area contributed by atoms with Crippen LogP contribution < -0.4 is 10.6 Å². The monoisotopic (exact) mass is 526 g/mol. The maximum Gasteiger partial charge on any atom is 0.225 e. The van der Waals surface area contributed by atoms with Gasteiger partial charge in [0.05, 0.1) is 0 Å². The van der Waals surface area contributed by atoms with Crippen LogP contribution in [0, 0.1) is 0 Å². The lowest BCUT2D eigenvalue weighted by Crippen LogP contribution is -2.12. The van der Waals surface area contributed by atoms with Gasteiger partial charge in [-0.2, -0.15) is 0 Å². The Labute approximate surface area is 227 Å². The number of anilines is 2. The van der Waals surface area contributed by atoms with E-state index in [0.29, 0.717) is 12.8 Å². The maximum atomic E-state index is 12.3. The number of amides is 2. The van der Waals surface area contributed by atoms with E-state index in [0.717, 1.165) is 40.4 Å². The van der Waals surface area contributed by atoms with Crippen LogP contribution >= 0.6 is 23.5 Å². The summed E-state index contributed by atoms with van der Waals surface area (Å²) in [6.07, 6.45) is 1.72. The smallest absolute Gasteiger partial charge is 0.225 e. The van der Waals surface area contributed by atoms with E-state index in [-0.39, 0.29) is 11.8 Å². The molecular weight excluding hydrogens is 496 g/mol. The molecule has 0 heterocycles. The van der Waals surface area contributed by atoms with Crippen molar-refractivity contribution < 1.29 is 9.59 Å². The first kappa shape index (κ1) is 26.6. The molecule has 188 valence electrons. The molecule has 0 aliphatic heterocycles. The van der Waals surface area contributed by atoms with Gasteiger partial charge in [0.15, 0.2) is 0 Å². The predicted octanol–water partition coefficient (Wildman–Crippen LogP) is 7.52. The van der Waals surface area contributed by atoms with Crippen LogP contribution in [-0.4, -0.2) is 23.3 Å². The van der Waals surface area contributed by atoms with Crippen molar-refractivity contribution in [3.63, 3.8) is 0 Å². The molecule has 2 amide bonds. The van der Waals surface area contributed by atoms with Crippen LogP contribution in [0.2, 0.25) is 0 Å². The molecule has 4 aromatic rings.